The number of aryl methyl sites for hydroxylation is 1. The largest absolute Gasteiger partial charge is 0.454 e. The first-order valence-corrected chi connectivity index (χ1v) is 8.51. The fraction of sp³-hybridized carbons (Fsp3) is 0.176. The first-order chi connectivity index (χ1) is 11.6. The molecule has 1 aromatic heterocycles. The van der Waals surface area contributed by atoms with Crippen LogP contribution in [0.1, 0.15) is 5.56 Å². The minimum Gasteiger partial charge on any atom is -0.454 e. The highest BCUT2D eigenvalue weighted by atomic mass is 35.5. The molecule has 0 aliphatic carbocycles. The van der Waals surface area contributed by atoms with Crippen molar-refractivity contribution in [3.8, 4) is 11.5 Å². The monoisotopic (exact) mass is 360 g/mol. The molecule has 0 bridgehead atoms. The third-order valence-corrected chi connectivity index (χ3v) is 5.11. The summed E-state index contributed by atoms with van der Waals surface area (Å²) in [7, 11) is 1.89. The summed E-state index contributed by atoms with van der Waals surface area (Å²) < 4.78 is 13.5. The molecule has 5 nitrogen and oxygen atoms in total. The first kappa shape index (κ1) is 15.2. The van der Waals surface area contributed by atoms with Crippen LogP contribution in [0.4, 0.5) is 0 Å². The number of hydrogen-bond acceptors (Lipinski definition) is 4. The number of aromatic nitrogens is 1. The van der Waals surface area contributed by atoms with E-state index in [9.17, 15) is 4.79 Å². The lowest BCUT2D eigenvalue weighted by Gasteiger charge is -2.00. The summed E-state index contributed by atoms with van der Waals surface area (Å²) in [6.45, 7) is 0.220. The molecule has 2 heterocycles. The Hall–Kier alpha value is -2.31. The number of carbonyl (C=O) groups excluding carboxylic acids is 1. The van der Waals surface area contributed by atoms with E-state index in [1.54, 1.807) is 0 Å². The number of fused-ring (bicyclic) bond motifs is 2. The van der Waals surface area contributed by atoms with E-state index in [1.165, 1.54) is 11.3 Å². The molecule has 1 aliphatic heterocycles. The maximum atomic E-state index is 12.3. The van der Waals surface area contributed by atoms with Gasteiger partial charge in [0.15, 0.2) is 16.3 Å². The van der Waals surface area contributed by atoms with Gasteiger partial charge in [-0.15, -0.1) is 0 Å². The summed E-state index contributed by atoms with van der Waals surface area (Å²) in [6, 6.07) is 11.1. The van der Waals surface area contributed by atoms with E-state index in [4.69, 9.17) is 21.1 Å². The summed E-state index contributed by atoms with van der Waals surface area (Å²) in [5, 5.41) is 0.669. The fourth-order valence-corrected chi connectivity index (χ4v) is 3.90. The van der Waals surface area contributed by atoms with Gasteiger partial charge in [-0.25, -0.2) is 0 Å². The molecule has 7 heteroatoms. The molecular weight excluding hydrogens is 348 g/mol. The average Bonchev–Trinajstić information content (AvgIpc) is 3.12. The lowest BCUT2D eigenvalue weighted by Crippen LogP contribution is -2.14. The number of carbonyl (C=O) groups is 1. The first-order valence-electron chi connectivity index (χ1n) is 7.31. The Morgan fingerprint density at radius 1 is 1.25 bits per heavy atom. The molecule has 122 valence electrons. The topological polar surface area (TPSA) is 52.8 Å². The zero-order valence-corrected chi connectivity index (χ0v) is 14.4. The Kier molecular flexibility index (Phi) is 3.78. The van der Waals surface area contributed by atoms with Crippen LogP contribution in [0, 0.1) is 0 Å². The van der Waals surface area contributed by atoms with Crippen LogP contribution >= 0.6 is 22.9 Å². The van der Waals surface area contributed by atoms with Crippen LogP contribution in [0.15, 0.2) is 41.4 Å². The molecule has 24 heavy (non-hydrogen) atoms. The third-order valence-electron chi connectivity index (χ3n) is 3.78. The van der Waals surface area contributed by atoms with Gasteiger partial charge in [-0.05, 0) is 35.9 Å². The summed E-state index contributed by atoms with van der Waals surface area (Å²) in [5.74, 6) is 1.17. The molecule has 0 saturated heterocycles. The van der Waals surface area contributed by atoms with E-state index in [1.807, 2.05) is 48.0 Å². The van der Waals surface area contributed by atoms with Crippen molar-refractivity contribution in [2.24, 2.45) is 12.0 Å². The maximum Gasteiger partial charge on any atom is 0.252 e. The van der Waals surface area contributed by atoms with Crippen LogP contribution in [-0.4, -0.2) is 17.3 Å². The second-order valence-corrected chi connectivity index (χ2v) is 6.87. The molecular formula is C17H13ClN2O3S. The molecule has 0 spiro atoms. The molecule has 0 radical (unpaired) electrons. The lowest BCUT2D eigenvalue weighted by atomic mass is 10.1. The van der Waals surface area contributed by atoms with E-state index in [0.29, 0.717) is 21.3 Å². The Bertz CT molecular complexity index is 1020. The SMILES string of the molecule is Cn1c(=NC(=O)Cc2ccc3c(c2)OCO3)sc2cc(Cl)ccc21. The molecule has 0 unspecified atom stereocenters. The second-order valence-electron chi connectivity index (χ2n) is 5.43. The zero-order valence-electron chi connectivity index (χ0n) is 12.8. The number of benzene rings is 2. The number of amides is 1. The van der Waals surface area contributed by atoms with Crippen molar-refractivity contribution >= 4 is 39.1 Å². The Morgan fingerprint density at radius 3 is 2.96 bits per heavy atom. The molecule has 1 aliphatic rings. The van der Waals surface area contributed by atoms with Gasteiger partial charge in [0.25, 0.3) is 5.91 Å². The average molecular weight is 361 g/mol. The zero-order chi connectivity index (χ0) is 16.7. The van der Waals surface area contributed by atoms with Gasteiger partial charge in [0.1, 0.15) is 0 Å². The predicted molar refractivity (Wildman–Crippen MR) is 92.6 cm³/mol. The van der Waals surface area contributed by atoms with Gasteiger partial charge >= 0.3 is 0 Å². The van der Waals surface area contributed by atoms with E-state index >= 15 is 0 Å². The second kappa shape index (κ2) is 5.96. The van der Waals surface area contributed by atoms with E-state index < -0.39 is 0 Å². The lowest BCUT2D eigenvalue weighted by molar-refractivity contribution is -0.117. The quantitative estimate of drug-likeness (QED) is 0.704. The molecule has 4 rings (SSSR count). The Labute approximate surface area is 146 Å². The van der Waals surface area contributed by atoms with Gasteiger partial charge in [0.05, 0.1) is 16.6 Å². The number of halogens is 1. The standard InChI is InChI=1S/C17H13ClN2O3S/c1-20-12-4-3-11(18)8-15(12)24-17(20)19-16(21)7-10-2-5-13-14(6-10)23-9-22-13/h2-6,8H,7,9H2,1H3. The van der Waals surface area contributed by atoms with E-state index in [0.717, 1.165) is 15.8 Å². The number of ether oxygens (including phenoxy) is 2. The fourth-order valence-electron chi connectivity index (χ4n) is 2.59. The van der Waals surface area contributed by atoms with Crippen molar-refractivity contribution in [3.63, 3.8) is 0 Å². The normalized spacial score (nSPS) is 13.7. The Morgan fingerprint density at radius 2 is 2.08 bits per heavy atom. The molecule has 0 fully saturated rings. The van der Waals surface area contributed by atoms with Crippen LogP contribution in [0.3, 0.4) is 0 Å². The van der Waals surface area contributed by atoms with E-state index in [-0.39, 0.29) is 19.1 Å². The number of rotatable bonds is 2. The summed E-state index contributed by atoms with van der Waals surface area (Å²) >= 11 is 7.46. The van der Waals surface area contributed by atoms with Crippen LogP contribution in [0.5, 0.6) is 11.5 Å². The van der Waals surface area contributed by atoms with Crippen LogP contribution in [-0.2, 0) is 18.3 Å². The van der Waals surface area contributed by atoms with Gasteiger partial charge < -0.3 is 14.0 Å². The molecule has 0 N–H and O–H groups in total. The predicted octanol–water partition coefficient (Wildman–Crippen LogP) is 3.29. The van der Waals surface area contributed by atoms with E-state index in [2.05, 4.69) is 4.99 Å². The van der Waals surface area contributed by atoms with Gasteiger partial charge in [0, 0.05) is 12.1 Å². The van der Waals surface area contributed by atoms with Crippen LogP contribution in [0.2, 0.25) is 5.02 Å². The smallest absolute Gasteiger partial charge is 0.252 e. The van der Waals surface area contributed by atoms with Crippen molar-refractivity contribution in [1.82, 2.24) is 4.57 Å². The minimum absolute atomic E-state index is 0.206. The molecule has 1 amide bonds. The third kappa shape index (κ3) is 2.79. The molecule has 0 atom stereocenters. The number of hydrogen-bond donors (Lipinski definition) is 0. The maximum absolute atomic E-state index is 12.3. The van der Waals surface area contributed by atoms with Crippen molar-refractivity contribution in [2.75, 3.05) is 6.79 Å². The van der Waals surface area contributed by atoms with Crippen molar-refractivity contribution in [2.45, 2.75) is 6.42 Å². The van der Waals surface area contributed by atoms with Gasteiger partial charge in [-0.3, -0.25) is 4.79 Å². The van der Waals surface area contributed by atoms with Crippen LogP contribution in [0.25, 0.3) is 10.2 Å². The van der Waals surface area contributed by atoms with Gasteiger partial charge in [-0.2, -0.15) is 4.99 Å². The summed E-state index contributed by atoms with van der Waals surface area (Å²) in [6.07, 6.45) is 0.214. The van der Waals surface area contributed by atoms with Crippen molar-refractivity contribution < 1.29 is 14.3 Å². The molecule has 3 aromatic rings. The highest BCUT2D eigenvalue weighted by Crippen LogP contribution is 2.32. The van der Waals surface area contributed by atoms with Gasteiger partial charge in [0.2, 0.25) is 6.79 Å². The minimum atomic E-state index is -0.206. The van der Waals surface area contributed by atoms with Crippen molar-refractivity contribution in [3.05, 3.63) is 51.8 Å². The summed E-state index contributed by atoms with van der Waals surface area (Å²) in [5.41, 5.74) is 1.85. The number of thiazole rings is 1. The number of nitrogens with zero attached hydrogens (tertiary/aromatic N) is 2. The molecule has 2 aromatic carbocycles. The molecule has 0 saturated carbocycles. The highest BCUT2D eigenvalue weighted by molar-refractivity contribution is 7.16. The van der Waals surface area contributed by atoms with Crippen molar-refractivity contribution in [1.29, 1.82) is 0 Å². The Balaban J connectivity index is 1.63. The van der Waals surface area contributed by atoms with Gasteiger partial charge in [-0.1, -0.05) is 29.0 Å². The highest BCUT2D eigenvalue weighted by Gasteiger charge is 2.14. The summed E-state index contributed by atoms with van der Waals surface area (Å²) in [4.78, 5) is 17.2. The van der Waals surface area contributed by atoms with Crippen LogP contribution < -0.4 is 14.3 Å².